The Balaban J connectivity index is 1.85. The third-order valence-electron chi connectivity index (χ3n) is 4.97. The lowest BCUT2D eigenvalue weighted by Crippen LogP contribution is -2.48. The lowest BCUT2D eigenvalue weighted by Gasteiger charge is -2.34. The number of hydrogen-bond acceptors (Lipinski definition) is 4. The Labute approximate surface area is 166 Å². The molecule has 1 amide bonds. The van der Waals surface area contributed by atoms with Gasteiger partial charge >= 0.3 is 0 Å². The van der Waals surface area contributed by atoms with Crippen LogP contribution in [0.1, 0.15) is 35.3 Å². The van der Waals surface area contributed by atoms with Gasteiger partial charge in [-0.2, -0.15) is 4.31 Å². The highest BCUT2D eigenvalue weighted by atomic mass is 32.2. The number of nitrogens with zero attached hydrogens (tertiary/aromatic N) is 1. The SMILES string of the molecule is Cc1cccc(NC(=O)c2cccc(S(=O)(=O)N3C[C@@H](C)O[C@H](C)C3)c2)c1C. The quantitative estimate of drug-likeness (QED) is 0.851. The summed E-state index contributed by atoms with van der Waals surface area (Å²) in [5.41, 5.74) is 3.08. The molecule has 1 aliphatic rings. The molecule has 2 atom stereocenters. The summed E-state index contributed by atoms with van der Waals surface area (Å²) in [6.45, 7) is 8.21. The number of ether oxygens (including phenoxy) is 1. The van der Waals surface area contributed by atoms with Crippen LogP contribution in [0.4, 0.5) is 5.69 Å². The topological polar surface area (TPSA) is 75.7 Å². The van der Waals surface area contributed by atoms with Crippen LogP contribution < -0.4 is 5.32 Å². The van der Waals surface area contributed by atoms with Gasteiger partial charge in [-0.15, -0.1) is 0 Å². The number of aryl methyl sites for hydroxylation is 1. The predicted molar refractivity (Wildman–Crippen MR) is 109 cm³/mol. The summed E-state index contributed by atoms with van der Waals surface area (Å²) in [4.78, 5) is 12.8. The molecule has 0 radical (unpaired) electrons. The van der Waals surface area contributed by atoms with E-state index in [1.807, 2.05) is 45.9 Å². The van der Waals surface area contributed by atoms with Crippen molar-refractivity contribution in [3.05, 3.63) is 59.2 Å². The summed E-state index contributed by atoms with van der Waals surface area (Å²) in [7, 11) is -3.70. The first-order valence-electron chi connectivity index (χ1n) is 9.31. The molecular formula is C21H26N2O4S. The van der Waals surface area contributed by atoms with Gasteiger partial charge in [-0.05, 0) is 63.1 Å². The molecule has 0 aromatic heterocycles. The fourth-order valence-corrected chi connectivity index (χ4v) is 4.99. The molecule has 0 aliphatic carbocycles. The smallest absolute Gasteiger partial charge is 0.255 e. The Morgan fingerprint density at radius 1 is 1.07 bits per heavy atom. The zero-order chi connectivity index (χ0) is 20.5. The van der Waals surface area contributed by atoms with Crippen molar-refractivity contribution < 1.29 is 17.9 Å². The Morgan fingerprint density at radius 3 is 2.39 bits per heavy atom. The molecule has 6 nitrogen and oxygen atoms in total. The van der Waals surface area contributed by atoms with Crippen molar-refractivity contribution in [3.63, 3.8) is 0 Å². The van der Waals surface area contributed by atoms with Crippen LogP contribution >= 0.6 is 0 Å². The molecule has 1 saturated heterocycles. The minimum absolute atomic E-state index is 0.113. The van der Waals surface area contributed by atoms with Crippen LogP contribution in [0.5, 0.6) is 0 Å². The van der Waals surface area contributed by atoms with Gasteiger partial charge in [0.05, 0.1) is 17.1 Å². The molecule has 1 heterocycles. The Kier molecular flexibility index (Phi) is 5.88. The molecule has 150 valence electrons. The molecule has 1 aliphatic heterocycles. The summed E-state index contributed by atoms with van der Waals surface area (Å²) in [5, 5.41) is 2.87. The highest BCUT2D eigenvalue weighted by molar-refractivity contribution is 7.89. The zero-order valence-electron chi connectivity index (χ0n) is 16.6. The normalized spacial score (nSPS) is 20.7. The summed E-state index contributed by atoms with van der Waals surface area (Å²) in [5.74, 6) is -0.338. The maximum atomic E-state index is 13.0. The number of anilines is 1. The second-order valence-corrected chi connectivity index (χ2v) is 9.25. The molecular weight excluding hydrogens is 376 g/mol. The van der Waals surface area contributed by atoms with Crippen molar-refractivity contribution in [2.24, 2.45) is 0 Å². The molecule has 2 aromatic rings. The van der Waals surface area contributed by atoms with Crippen molar-refractivity contribution in [3.8, 4) is 0 Å². The van der Waals surface area contributed by atoms with Gasteiger partial charge < -0.3 is 10.1 Å². The summed E-state index contributed by atoms with van der Waals surface area (Å²) in [6.07, 6.45) is -0.344. The van der Waals surface area contributed by atoms with Gasteiger partial charge in [0.1, 0.15) is 0 Å². The van der Waals surface area contributed by atoms with Crippen molar-refractivity contribution in [2.45, 2.75) is 44.8 Å². The van der Waals surface area contributed by atoms with E-state index in [0.29, 0.717) is 24.3 Å². The molecule has 1 N–H and O–H groups in total. The number of nitrogens with one attached hydrogen (secondary N) is 1. The van der Waals surface area contributed by atoms with Gasteiger partial charge in [0.25, 0.3) is 5.91 Å². The van der Waals surface area contributed by atoms with Gasteiger partial charge in [0, 0.05) is 24.3 Å². The van der Waals surface area contributed by atoms with Crippen LogP contribution in [0.2, 0.25) is 0 Å². The minimum atomic E-state index is -3.70. The second-order valence-electron chi connectivity index (χ2n) is 7.31. The molecule has 28 heavy (non-hydrogen) atoms. The van der Waals surface area contributed by atoms with E-state index in [-0.39, 0.29) is 23.0 Å². The number of sulfonamides is 1. The highest BCUT2D eigenvalue weighted by Crippen LogP contribution is 2.23. The van der Waals surface area contributed by atoms with Crippen LogP contribution in [0.15, 0.2) is 47.4 Å². The van der Waals surface area contributed by atoms with Crippen LogP contribution in [-0.2, 0) is 14.8 Å². The number of rotatable bonds is 4. The molecule has 0 saturated carbocycles. The number of benzene rings is 2. The zero-order valence-corrected chi connectivity index (χ0v) is 17.4. The molecule has 0 bridgehead atoms. The molecule has 3 rings (SSSR count). The van der Waals surface area contributed by atoms with Gasteiger partial charge in [0.15, 0.2) is 0 Å². The average molecular weight is 403 g/mol. The Morgan fingerprint density at radius 2 is 1.71 bits per heavy atom. The van der Waals surface area contributed by atoms with E-state index in [1.54, 1.807) is 12.1 Å². The first-order chi connectivity index (χ1) is 13.2. The fourth-order valence-electron chi connectivity index (χ4n) is 3.35. The third-order valence-corrected chi connectivity index (χ3v) is 6.80. The van der Waals surface area contributed by atoms with E-state index in [2.05, 4.69) is 5.32 Å². The van der Waals surface area contributed by atoms with Crippen LogP contribution in [0.25, 0.3) is 0 Å². The van der Waals surface area contributed by atoms with Crippen LogP contribution in [-0.4, -0.2) is 43.9 Å². The Bertz CT molecular complexity index is 978. The molecule has 2 aromatic carbocycles. The first-order valence-corrected chi connectivity index (χ1v) is 10.8. The standard InChI is InChI=1S/C21H26N2O4S/c1-14-7-5-10-20(17(14)4)22-21(24)18-8-6-9-19(11-18)28(25,26)23-12-15(2)27-16(3)13-23/h5-11,15-16H,12-13H2,1-4H3,(H,22,24)/t15-,16-/m1/s1. The average Bonchev–Trinajstić information content (AvgIpc) is 2.64. The van der Waals surface area contributed by atoms with Crippen molar-refractivity contribution in [2.75, 3.05) is 18.4 Å². The highest BCUT2D eigenvalue weighted by Gasteiger charge is 2.32. The second kappa shape index (κ2) is 8.03. The summed E-state index contributed by atoms with van der Waals surface area (Å²) < 4.78 is 33.1. The molecule has 0 spiro atoms. The minimum Gasteiger partial charge on any atom is -0.373 e. The third kappa shape index (κ3) is 4.27. The van der Waals surface area contributed by atoms with E-state index in [0.717, 1.165) is 11.1 Å². The Hall–Kier alpha value is -2.22. The van der Waals surface area contributed by atoms with Crippen molar-refractivity contribution in [1.29, 1.82) is 0 Å². The maximum absolute atomic E-state index is 13.0. The van der Waals surface area contributed by atoms with Gasteiger partial charge in [-0.3, -0.25) is 4.79 Å². The van der Waals surface area contributed by atoms with Crippen LogP contribution in [0, 0.1) is 13.8 Å². The van der Waals surface area contributed by atoms with Crippen LogP contribution in [0.3, 0.4) is 0 Å². The van der Waals surface area contributed by atoms with Crippen molar-refractivity contribution >= 4 is 21.6 Å². The fraction of sp³-hybridized carbons (Fsp3) is 0.381. The first kappa shape index (κ1) is 20.5. The van der Waals surface area contributed by atoms with E-state index in [9.17, 15) is 13.2 Å². The lowest BCUT2D eigenvalue weighted by atomic mass is 10.1. The van der Waals surface area contributed by atoms with Gasteiger partial charge in [0.2, 0.25) is 10.0 Å². The number of hydrogen-bond donors (Lipinski definition) is 1. The predicted octanol–water partition coefficient (Wildman–Crippen LogP) is 3.35. The van der Waals surface area contributed by atoms with Gasteiger partial charge in [-0.25, -0.2) is 8.42 Å². The molecule has 7 heteroatoms. The summed E-state index contributed by atoms with van der Waals surface area (Å²) in [6, 6.07) is 11.8. The lowest BCUT2D eigenvalue weighted by molar-refractivity contribution is -0.0440. The van der Waals surface area contributed by atoms with E-state index in [4.69, 9.17) is 4.74 Å². The van der Waals surface area contributed by atoms with Crippen molar-refractivity contribution in [1.82, 2.24) is 4.31 Å². The molecule has 1 fully saturated rings. The monoisotopic (exact) mass is 402 g/mol. The largest absolute Gasteiger partial charge is 0.373 e. The van der Waals surface area contributed by atoms with Gasteiger partial charge in [-0.1, -0.05) is 18.2 Å². The van der Waals surface area contributed by atoms with E-state index < -0.39 is 10.0 Å². The number of morpholine rings is 1. The number of carbonyl (C=O) groups excluding carboxylic acids is 1. The maximum Gasteiger partial charge on any atom is 0.255 e. The van der Waals surface area contributed by atoms with E-state index in [1.165, 1.54) is 16.4 Å². The molecule has 0 unspecified atom stereocenters. The number of amides is 1. The summed E-state index contributed by atoms with van der Waals surface area (Å²) >= 11 is 0. The number of carbonyl (C=O) groups is 1. The van der Waals surface area contributed by atoms with E-state index >= 15 is 0 Å².